The summed E-state index contributed by atoms with van der Waals surface area (Å²) < 4.78 is 12.5. The van der Waals surface area contributed by atoms with E-state index in [4.69, 9.17) is 24.3 Å². The second kappa shape index (κ2) is 15.6. The molecule has 0 bridgehead atoms. The Labute approximate surface area is 293 Å². The summed E-state index contributed by atoms with van der Waals surface area (Å²) in [5.41, 5.74) is 4.92. The lowest BCUT2D eigenvalue weighted by Gasteiger charge is -2.37. The second-order valence-electron chi connectivity index (χ2n) is 13.0. The summed E-state index contributed by atoms with van der Waals surface area (Å²) >= 11 is 0. The lowest BCUT2D eigenvalue weighted by atomic mass is 10.0. The zero-order chi connectivity index (χ0) is 34.3. The highest BCUT2D eigenvalue weighted by atomic mass is 16.7. The first kappa shape index (κ1) is 33.3. The SMILES string of the molecule is CN(C)CCCOc1nc2c(c(N3CCN(OC(=O)c4ccccc4)CC3)n1)CCN(c1cc(OCc3ccccc3)cc3ccccc13)C2. The molecule has 0 aliphatic carbocycles. The van der Waals surface area contributed by atoms with Gasteiger partial charge in [0.05, 0.1) is 37.5 Å². The molecular weight excluding hydrogens is 628 g/mol. The number of hydrogen-bond acceptors (Lipinski definition) is 10. The van der Waals surface area contributed by atoms with E-state index in [-0.39, 0.29) is 5.97 Å². The second-order valence-corrected chi connectivity index (χ2v) is 13.0. The minimum absolute atomic E-state index is 0.339. The molecule has 2 aliphatic heterocycles. The third kappa shape index (κ3) is 7.98. The van der Waals surface area contributed by atoms with Gasteiger partial charge in [-0.2, -0.15) is 9.97 Å². The van der Waals surface area contributed by atoms with Gasteiger partial charge in [-0.1, -0.05) is 72.8 Å². The fourth-order valence-electron chi connectivity index (χ4n) is 6.55. The van der Waals surface area contributed by atoms with Crippen molar-refractivity contribution in [1.82, 2.24) is 19.9 Å². The van der Waals surface area contributed by atoms with Crippen molar-refractivity contribution in [3.05, 3.63) is 119 Å². The minimum atomic E-state index is -0.339. The van der Waals surface area contributed by atoms with Crippen molar-refractivity contribution in [2.24, 2.45) is 0 Å². The predicted octanol–water partition coefficient (Wildman–Crippen LogP) is 6.00. The van der Waals surface area contributed by atoms with E-state index >= 15 is 0 Å². The quantitative estimate of drug-likeness (QED) is 0.147. The first-order valence-electron chi connectivity index (χ1n) is 17.4. The molecule has 0 saturated carbocycles. The summed E-state index contributed by atoms with van der Waals surface area (Å²) in [5.74, 6) is 1.41. The van der Waals surface area contributed by atoms with Crippen molar-refractivity contribution in [3.63, 3.8) is 0 Å². The molecule has 10 heteroatoms. The van der Waals surface area contributed by atoms with Gasteiger partial charge in [-0.15, -0.1) is 5.06 Å². The van der Waals surface area contributed by atoms with Gasteiger partial charge < -0.3 is 29.0 Å². The Hall–Kier alpha value is -5.19. The average Bonchev–Trinajstić information content (AvgIpc) is 3.16. The van der Waals surface area contributed by atoms with Crippen molar-refractivity contribution in [2.75, 3.05) is 69.8 Å². The van der Waals surface area contributed by atoms with Crippen LogP contribution in [0.3, 0.4) is 0 Å². The highest BCUT2D eigenvalue weighted by Gasteiger charge is 2.29. The standard InChI is InChI=1S/C40H44N6O4/c1-43(2)19-11-25-48-40-41-36-28-45(37-27-33(26-32-16-9-10-17-34(32)37)49-29-30-12-5-3-6-13-30)20-18-35(36)38(42-40)44-21-23-46(24-22-44)50-39(47)31-14-7-4-8-15-31/h3-10,12-17,26-27H,11,18-25,28-29H2,1-2H3. The number of ether oxygens (including phenoxy) is 2. The van der Waals surface area contributed by atoms with Gasteiger partial charge in [0.1, 0.15) is 18.2 Å². The monoisotopic (exact) mass is 672 g/mol. The number of rotatable bonds is 12. The first-order valence-corrected chi connectivity index (χ1v) is 17.4. The Morgan fingerprint density at radius 1 is 0.800 bits per heavy atom. The molecule has 10 nitrogen and oxygen atoms in total. The average molecular weight is 673 g/mol. The Morgan fingerprint density at radius 3 is 2.32 bits per heavy atom. The summed E-state index contributed by atoms with van der Waals surface area (Å²) in [4.78, 5) is 35.2. The molecule has 5 aromatic rings. The van der Waals surface area contributed by atoms with Crippen LogP contribution in [0.15, 0.2) is 97.1 Å². The smallest absolute Gasteiger partial charge is 0.357 e. The lowest BCUT2D eigenvalue weighted by molar-refractivity contribution is -0.112. The summed E-state index contributed by atoms with van der Waals surface area (Å²) in [7, 11) is 4.12. The van der Waals surface area contributed by atoms with Crippen molar-refractivity contribution in [3.8, 4) is 11.8 Å². The van der Waals surface area contributed by atoms with Gasteiger partial charge in [-0.25, -0.2) is 4.79 Å². The van der Waals surface area contributed by atoms with Gasteiger partial charge in [0.25, 0.3) is 0 Å². The molecule has 1 fully saturated rings. The Kier molecular flexibility index (Phi) is 10.4. The number of hydrogen-bond donors (Lipinski definition) is 0. The molecule has 0 unspecified atom stereocenters. The van der Waals surface area contributed by atoms with Crippen LogP contribution >= 0.6 is 0 Å². The highest BCUT2D eigenvalue weighted by Crippen LogP contribution is 2.37. The maximum absolute atomic E-state index is 12.7. The molecule has 0 amide bonds. The molecule has 0 spiro atoms. The van der Waals surface area contributed by atoms with E-state index < -0.39 is 0 Å². The molecule has 1 aromatic heterocycles. The van der Waals surface area contributed by atoms with Crippen LogP contribution in [0.25, 0.3) is 10.8 Å². The molecule has 4 aromatic carbocycles. The predicted molar refractivity (Wildman–Crippen MR) is 196 cm³/mol. The number of hydroxylamine groups is 2. The molecular formula is C40H44N6O4. The van der Waals surface area contributed by atoms with E-state index in [1.54, 1.807) is 17.2 Å². The zero-order valence-electron chi connectivity index (χ0n) is 28.8. The van der Waals surface area contributed by atoms with E-state index in [9.17, 15) is 4.79 Å². The molecule has 1 saturated heterocycles. The number of carbonyl (C=O) groups excluding carboxylic acids is 1. The highest BCUT2D eigenvalue weighted by molar-refractivity contribution is 5.96. The van der Waals surface area contributed by atoms with Gasteiger partial charge in [-0.3, -0.25) is 0 Å². The maximum atomic E-state index is 12.7. The summed E-state index contributed by atoms with van der Waals surface area (Å²) in [6.07, 6.45) is 1.67. The normalized spacial score (nSPS) is 14.9. The van der Waals surface area contributed by atoms with E-state index in [0.29, 0.717) is 57.5 Å². The Bertz CT molecular complexity index is 1900. The largest absolute Gasteiger partial charge is 0.489 e. The topological polar surface area (TPSA) is 83.5 Å². The number of nitrogens with zero attached hydrogens (tertiary/aromatic N) is 6. The molecule has 258 valence electrons. The van der Waals surface area contributed by atoms with E-state index in [2.05, 4.69) is 77.3 Å². The third-order valence-corrected chi connectivity index (χ3v) is 9.17. The van der Waals surface area contributed by atoms with Crippen LogP contribution in [0.5, 0.6) is 11.8 Å². The van der Waals surface area contributed by atoms with E-state index in [1.807, 2.05) is 36.4 Å². The van der Waals surface area contributed by atoms with E-state index in [1.165, 1.54) is 5.39 Å². The van der Waals surface area contributed by atoms with Crippen molar-refractivity contribution in [1.29, 1.82) is 0 Å². The van der Waals surface area contributed by atoms with Crippen LogP contribution in [-0.2, 0) is 24.4 Å². The van der Waals surface area contributed by atoms with Gasteiger partial charge >= 0.3 is 12.0 Å². The minimum Gasteiger partial charge on any atom is -0.489 e. The van der Waals surface area contributed by atoms with Crippen LogP contribution in [0.2, 0.25) is 0 Å². The number of aromatic nitrogens is 2. The number of benzene rings is 4. The third-order valence-electron chi connectivity index (χ3n) is 9.17. The molecule has 0 atom stereocenters. The van der Waals surface area contributed by atoms with Gasteiger partial charge in [0, 0.05) is 48.9 Å². The summed E-state index contributed by atoms with van der Waals surface area (Å²) in [6, 6.07) is 32.5. The van der Waals surface area contributed by atoms with E-state index in [0.717, 1.165) is 65.4 Å². The lowest BCUT2D eigenvalue weighted by Crippen LogP contribution is -2.48. The molecule has 3 heterocycles. The summed E-state index contributed by atoms with van der Waals surface area (Å²) in [5, 5.41) is 4.06. The molecule has 7 rings (SSSR count). The Balaban J connectivity index is 1.12. The molecule has 0 radical (unpaired) electrons. The maximum Gasteiger partial charge on any atom is 0.357 e. The number of anilines is 2. The Morgan fingerprint density at radius 2 is 1.54 bits per heavy atom. The van der Waals surface area contributed by atoms with Gasteiger partial charge in [-0.05, 0) is 56.1 Å². The van der Waals surface area contributed by atoms with Crippen LogP contribution < -0.4 is 19.3 Å². The molecule has 2 aliphatic rings. The molecule has 50 heavy (non-hydrogen) atoms. The van der Waals surface area contributed by atoms with Crippen LogP contribution in [0, 0.1) is 0 Å². The fourth-order valence-corrected chi connectivity index (χ4v) is 6.55. The number of piperazine rings is 1. The van der Waals surface area contributed by atoms with Crippen molar-refractivity contribution >= 4 is 28.2 Å². The van der Waals surface area contributed by atoms with Crippen LogP contribution in [0.1, 0.15) is 33.6 Å². The van der Waals surface area contributed by atoms with Gasteiger partial charge in [0.2, 0.25) is 0 Å². The first-order chi connectivity index (χ1) is 24.5. The molecule has 0 N–H and O–H groups in total. The van der Waals surface area contributed by atoms with Gasteiger partial charge in [0.15, 0.2) is 0 Å². The number of carbonyl (C=O) groups is 1. The summed E-state index contributed by atoms with van der Waals surface area (Å²) in [6.45, 7) is 5.88. The number of fused-ring (bicyclic) bond motifs is 2. The van der Waals surface area contributed by atoms with Crippen LogP contribution in [-0.4, -0.2) is 85.9 Å². The van der Waals surface area contributed by atoms with Crippen molar-refractivity contribution in [2.45, 2.75) is 26.0 Å². The van der Waals surface area contributed by atoms with Crippen molar-refractivity contribution < 1.29 is 19.1 Å². The zero-order valence-corrected chi connectivity index (χ0v) is 28.8. The van der Waals surface area contributed by atoms with Crippen LogP contribution in [0.4, 0.5) is 11.5 Å². The fraction of sp³-hybridized carbons (Fsp3) is 0.325.